The number of carboxylic acids is 3. The Morgan fingerprint density at radius 3 is 2.26 bits per heavy atom. The van der Waals surface area contributed by atoms with Gasteiger partial charge in [0.05, 0.1) is 5.39 Å². The molecule has 0 aliphatic heterocycles. The molecule has 2 aromatic heterocycles. The van der Waals surface area contributed by atoms with E-state index in [1.165, 1.54) is 0 Å². The molecule has 3 aromatic rings. The highest BCUT2D eigenvalue weighted by Gasteiger charge is 2.21. The molecule has 1 aromatic carbocycles. The highest BCUT2D eigenvalue weighted by molar-refractivity contribution is 5.96. The molecule has 0 unspecified atom stereocenters. The fourth-order valence-electron chi connectivity index (χ4n) is 3.83. The van der Waals surface area contributed by atoms with Crippen LogP contribution in [0, 0.1) is 0 Å². The van der Waals surface area contributed by atoms with Crippen LogP contribution in [0.1, 0.15) is 47.2 Å². The number of nitrogens with two attached hydrogens (primary N) is 4. The molecule has 0 spiro atoms. The van der Waals surface area contributed by atoms with Crippen LogP contribution in [-0.2, 0) is 27.2 Å². The summed E-state index contributed by atoms with van der Waals surface area (Å²) in [6.45, 7) is 0.420. The van der Waals surface area contributed by atoms with Crippen molar-refractivity contribution >= 4 is 46.8 Å². The molecule has 0 saturated carbocycles. The number of fused-ring (bicyclic) bond motifs is 1. The number of benzene rings is 1. The summed E-state index contributed by atoms with van der Waals surface area (Å²) in [6.07, 6.45) is 3.23. The van der Waals surface area contributed by atoms with Gasteiger partial charge < -0.3 is 48.6 Å². The van der Waals surface area contributed by atoms with Gasteiger partial charge in [-0.1, -0.05) is 12.1 Å². The first-order chi connectivity index (χ1) is 20.3. The SMILES string of the molecule is NC(N)=NCCC[C@H](N)C(=O)O.Nc1nc2[nH]cc(CCc3ccc(C(=O)N[C@@H](CCC(=O)O)C(=O)O)cc3)c2c(=O)[nH]1. The maximum absolute atomic E-state index is 12.3. The summed E-state index contributed by atoms with van der Waals surface area (Å²) in [4.78, 5) is 69.6. The number of nitrogens with one attached hydrogen (secondary N) is 3. The van der Waals surface area contributed by atoms with Gasteiger partial charge in [-0.3, -0.25) is 29.2 Å². The number of aliphatic carboxylic acids is 3. The average molecular weight is 602 g/mol. The smallest absolute Gasteiger partial charge is 0.326 e. The third kappa shape index (κ3) is 11.2. The van der Waals surface area contributed by atoms with Crippen LogP contribution < -0.4 is 33.8 Å². The van der Waals surface area contributed by atoms with Crippen LogP contribution in [0.4, 0.5) is 5.95 Å². The van der Waals surface area contributed by atoms with Gasteiger partial charge in [0.25, 0.3) is 11.5 Å². The van der Waals surface area contributed by atoms with Gasteiger partial charge in [-0.15, -0.1) is 0 Å². The Balaban J connectivity index is 0.000000455. The van der Waals surface area contributed by atoms with Crippen LogP contribution in [0.25, 0.3) is 11.0 Å². The van der Waals surface area contributed by atoms with E-state index in [0.29, 0.717) is 43.3 Å². The number of aryl methyl sites for hydroxylation is 2. The van der Waals surface area contributed by atoms with Crippen LogP contribution in [0.15, 0.2) is 40.2 Å². The van der Waals surface area contributed by atoms with Gasteiger partial charge in [-0.2, -0.15) is 4.98 Å². The highest BCUT2D eigenvalue weighted by Crippen LogP contribution is 2.16. The van der Waals surface area contributed by atoms with E-state index in [9.17, 15) is 24.0 Å². The lowest BCUT2D eigenvalue weighted by Gasteiger charge is -2.13. The normalized spacial score (nSPS) is 11.9. The summed E-state index contributed by atoms with van der Waals surface area (Å²) in [7, 11) is 0. The Morgan fingerprint density at radius 1 is 1.00 bits per heavy atom. The summed E-state index contributed by atoms with van der Waals surface area (Å²) >= 11 is 0. The topological polar surface area (TPSA) is 319 Å². The highest BCUT2D eigenvalue weighted by atomic mass is 16.4. The van der Waals surface area contributed by atoms with Crippen LogP contribution in [0.2, 0.25) is 0 Å². The predicted molar refractivity (Wildman–Crippen MR) is 156 cm³/mol. The van der Waals surface area contributed by atoms with Gasteiger partial charge in [-0.05, 0) is 55.4 Å². The number of hydrogen-bond donors (Lipinski definition) is 10. The molecule has 17 nitrogen and oxygen atoms in total. The first-order valence-electron chi connectivity index (χ1n) is 13.0. The van der Waals surface area contributed by atoms with Gasteiger partial charge in [0.2, 0.25) is 5.95 Å². The second-order valence-electron chi connectivity index (χ2n) is 9.38. The van der Waals surface area contributed by atoms with E-state index in [2.05, 4.69) is 25.3 Å². The Morgan fingerprint density at radius 2 is 1.67 bits per heavy atom. The zero-order chi connectivity index (χ0) is 32.1. The first kappa shape index (κ1) is 33.8. The number of carbonyl (C=O) groups is 4. The van der Waals surface area contributed by atoms with Crippen molar-refractivity contribution in [3.63, 3.8) is 0 Å². The van der Waals surface area contributed by atoms with Crippen LogP contribution in [0.3, 0.4) is 0 Å². The van der Waals surface area contributed by atoms with Crippen molar-refractivity contribution in [3.05, 3.63) is 57.5 Å². The number of rotatable bonds is 14. The van der Waals surface area contributed by atoms with Gasteiger partial charge in [-0.25, -0.2) is 4.79 Å². The summed E-state index contributed by atoms with van der Waals surface area (Å²) in [5.41, 5.74) is 22.9. The first-order valence-corrected chi connectivity index (χ1v) is 13.0. The Hall–Kier alpha value is -5.45. The minimum atomic E-state index is -1.30. The number of carbonyl (C=O) groups excluding carboxylic acids is 1. The van der Waals surface area contributed by atoms with E-state index in [1.807, 2.05) is 0 Å². The van der Waals surface area contributed by atoms with Crippen molar-refractivity contribution in [2.45, 2.75) is 50.6 Å². The molecule has 0 bridgehead atoms. The molecule has 3 rings (SSSR count). The Bertz CT molecular complexity index is 1510. The van der Waals surface area contributed by atoms with E-state index in [1.54, 1.807) is 30.5 Å². The van der Waals surface area contributed by atoms with Crippen molar-refractivity contribution in [2.75, 3.05) is 12.3 Å². The van der Waals surface area contributed by atoms with E-state index < -0.39 is 35.9 Å². The third-order valence-electron chi connectivity index (χ3n) is 6.08. The second-order valence-corrected chi connectivity index (χ2v) is 9.38. The lowest BCUT2D eigenvalue weighted by Crippen LogP contribution is -2.41. The monoisotopic (exact) mass is 601 g/mol. The number of nitrogen functional groups attached to an aromatic ring is 1. The Labute approximate surface area is 244 Å². The summed E-state index contributed by atoms with van der Waals surface area (Å²) in [5.74, 6) is -3.99. The lowest BCUT2D eigenvalue weighted by molar-refractivity contribution is -0.141. The van der Waals surface area contributed by atoms with Crippen molar-refractivity contribution in [1.29, 1.82) is 0 Å². The number of aliphatic imine (C=N–C) groups is 1. The van der Waals surface area contributed by atoms with Gasteiger partial charge >= 0.3 is 17.9 Å². The number of aromatic amines is 2. The van der Waals surface area contributed by atoms with Crippen LogP contribution in [0.5, 0.6) is 0 Å². The molecule has 14 N–H and O–H groups in total. The number of carboxylic acid groups (broad SMARTS) is 3. The van der Waals surface area contributed by atoms with Crippen LogP contribution >= 0.6 is 0 Å². The molecule has 0 saturated heterocycles. The number of H-pyrrole nitrogens is 2. The molecule has 17 heteroatoms. The molecule has 0 aliphatic carbocycles. The average Bonchev–Trinajstić information content (AvgIpc) is 3.35. The van der Waals surface area contributed by atoms with Crippen molar-refractivity contribution < 1.29 is 34.5 Å². The largest absolute Gasteiger partial charge is 0.481 e. The molecule has 0 radical (unpaired) electrons. The molecule has 232 valence electrons. The zero-order valence-electron chi connectivity index (χ0n) is 23.1. The number of amides is 1. The summed E-state index contributed by atoms with van der Waals surface area (Å²) in [6, 6.07) is 4.48. The molecular formula is C26H35N9O8. The van der Waals surface area contributed by atoms with Crippen LogP contribution in [-0.4, -0.2) is 78.7 Å². The molecule has 2 heterocycles. The molecule has 2 atom stereocenters. The van der Waals surface area contributed by atoms with E-state index >= 15 is 0 Å². The minimum absolute atomic E-state index is 0.0129. The van der Waals surface area contributed by atoms with E-state index in [4.69, 9.17) is 38.3 Å². The maximum atomic E-state index is 12.3. The lowest BCUT2D eigenvalue weighted by atomic mass is 10.0. The second kappa shape index (κ2) is 16.1. The van der Waals surface area contributed by atoms with Crippen molar-refractivity contribution in [1.82, 2.24) is 20.3 Å². The number of anilines is 1. The molecule has 0 aliphatic rings. The molecule has 0 fully saturated rings. The van der Waals surface area contributed by atoms with Crippen molar-refractivity contribution in [2.24, 2.45) is 22.2 Å². The Kier molecular flexibility index (Phi) is 12.6. The summed E-state index contributed by atoms with van der Waals surface area (Å²) in [5, 5.41) is 29.0. The minimum Gasteiger partial charge on any atom is -0.481 e. The molecular weight excluding hydrogens is 566 g/mol. The number of nitrogens with zero attached hydrogens (tertiary/aromatic N) is 2. The zero-order valence-corrected chi connectivity index (χ0v) is 23.1. The maximum Gasteiger partial charge on any atom is 0.326 e. The third-order valence-corrected chi connectivity index (χ3v) is 6.08. The van der Waals surface area contributed by atoms with Crippen molar-refractivity contribution in [3.8, 4) is 0 Å². The molecule has 43 heavy (non-hydrogen) atoms. The number of hydrogen-bond acceptors (Lipinski definition) is 9. The van der Waals surface area contributed by atoms with Gasteiger partial charge in [0.1, 0.15) is 17.7 Å². The van der Waals surface area contributed by atoms with Gasteiger partial charge in [0.15, 0.2) is 5.96 Å². The fourth-order valence-corrected chi connectivity index (χ4v) is 3.83. The quantitative estimate of drug-likeness (QED) is 0.0610. The fraction of sp³-hybridized carbons (Fsp3) is 0.346. The molecule has 1 amide bonds. The van der Waals surface area contributed by atoms with E-state index in [0.717, 1.165) is 11.1 Å². The standard InChI is InChI=1S/C20H21N5O6.C6H14N4O2/c21-20-24-16-15(18(29)25-20)12(9-22-16)6-3-10-1-4-11(5-2-10)17(28)23-13(19(30)31)7-8-14(26)27;7-4(5(11)12)2-1-3-10-6(8)9/h1-2,4-5,9,13H,3,6-8H2,(H,23,28)(H,26,27)(H,30,31)(H4,21,22,24,25,29);4H,1-3,7H2,(H,11,12)(H4,8,9,10)/t13-;4-/m00/s1. The number of guanidine groups is 1. The summed E-state index contributed by atoms with van der Waals surface area (Å²) < 4.78 is 0. The van der Waals surface area contributed by atoms with E-state index in [-0.39, 0.29) is 35.9 Å². The number of aromatic nitrogens is 3. The van der Waals surface area contributed by atoms with Gasteiger partial charge in [0, 0.05) is 24.7 Å². The predicted octanol–water partition coefficient (Wildman–Crippen LogP) is -0.882.